The minimum atomic E-state index is -0.571. The van der Waals surface area contributed by atoms with Gasteiger partial charge in [0.1, 0.15) is 11.4 Å². The van der Waals surface area contributed by atoms with Gasteiger partial charge in [-0.15, -0.1) is 0 Å². The summed E-state index contributed by atoms with van der Waals surface area (Å²) in [4.78, 5) is 11.7. The van der Waals surface area contributed by atoms with Crippen LogP contribution in [0.2, 0.25) is 0 Å². The summed E-state index contributed by atoms with van der Waals surface area (Å²) in [7, 11) is 1.56. The lowest BCUT2D eigenvalue weighted by atomic mass is 10.1. The van der Waals surface area contributed by atoms with Crippen LogP contribution < -0.4 is 10.1 Å². The lowest BCUT2D eigenvalue weighted by Gasteiger charge is -2.23. The molecule has 5 nitrogen and oxygen atoms in total. The van der Waals surface area contributed by atoms with Gasteiger partial charge < -0.3 is 19.9 Å². The molecule has 0 heterocycles. The molecule has 106 valence electrons. The average Bonchev–Trinajstić information content (AvgIpc) is 2.34. The first-order valence-electron chi connectivity index (χ1n) is 6.10. The zero-order valence-electron chi connectivity index (χ0n) is 11.8. The number of amides is 1. The van der Waals surface area contributed by atoms with Crippen LogP contribution >= 0.6 is 0 Å². The van der Waals surface area contributed by atoms with Gasteiger partial charge in [-0.1, -0.05) is 12.1 Å². The minimum absolute atomic E-state index is 0.216. The molecular formula is C14H21NO4. The Morgan fingerprint density at radius 2 is 2.11 bits per heavy atom. The molecule has 1 atom stereocenters. The number of aliphatic hydroxyl groups is 1. The molecule has 0 aliphatic heterocycles. The van der Waals surface area contributed by atoms with Gasteiger partial charge in [-0.25, -0.2) is 4.79 Å². The Labute approximate surface area is 113 Å². The number of nitrogens with one attached hydrogen (secondary N) is 1. The van der Waals surface area contributed by atoms with Crippen molar-refractivity contribution in [1.29, 1.82) is 0 Å². The van der Waals surface area contributed by atoms with Gasteiger partial charge >= 0.3 is 6.09 Å². The topological polar surface area (TPSA) is 67.8 Å². The molecule has 19 heavy (non-hydrogen) atoms. The molecule has 0 spiro atoms. The quantitative estimate of drug-likeness (QED) is 0.878. The molecule has 0 aromatic heterocycles. The van der Waals surface area contributed by atoms with Crippen LogP contribution in [0.3, 0.4) is 0 Å². The van der Waals surface area contributed by atoms with Gasteiger partial charge in [0.25, 0.3) is 0 Å². The van der Waals surface area contributed by atoms with Crippen molar-refractivity contribution in [3.8, 4) is 5.75 Å². The normalized spacial score (nSPS) is 12.7. The van der Waals surface area contributed by atoms with Crippen LogP contribution in [0.1, 0.15) is 32.4 Å². The first-order valence-corrected chi connectivity index (χ1v) is 6.10. The summed E-state index contributed by atoms with van der Waals surface area (Å²) in [6, 6.07) is 6.64. The molecule has 1 amide bonds. The second kappa shape index (κ2) is 6.43. The summed E-state index contributed by atoms with van der Waals surface area (Å²) in [5.74, 6) is 0.668. The van der Waals surface area contributed by atoms with Gasteiger partial charge in [-0.3, -0.25) is 0 Å². The van der Waals surface area contributed by atoms with Crippen LogP contribution in [-0.2, 0) is 4.74 Å². The van der Waals surface area contributed by atoms with E-state index in [1.54, 1.807) is 52.1 Å². The fourth-order valence-corrected chi connectivity index (χ4v) is 1.54. The van der Waals surface area contributed by atoms with E-state index in [2.05, 4.69) is 5.32 Å². The Balaban J connectivity index is 2.75. The number of benzene rings is 1. The summed E-state index contributed by atoms with van der Waals surface area (Å²) in [6.07, 6.45) is -0.561. The van der Waals surface area contributed by atoms with Gasteiger partial charge in [0.15, 0.2) is 0 Å². The van der Waals surface area contributed by atoms with Crippen LogP contribution in [0.4, 0.5) is 4.79 Å². The average molecular weight is 267 g/mol. The molecule has 0 saturated carbocycles. The third-order valence-corrected chi connectivity index (χ3v) is 2.37. The molecule has 0 saturated heterocycles. The molecule has 1 aromatic rings. The van der Waals surface area contributed by atoms with Crippen molar-refractivity contribution in [1.82, 2.24) is 5.32 Å². The van der Waals surface area contributed by atoms with E-state index in [4.69, 9.17) is 9.47 Å². The van der Waals surface area contributed by atoms with Crippen molar-refractivity contribution in [2.45, 2.75) is 32.4 Å². The van der Waals surface area contributed by atoms with Crippen LogP contribution in [0, 0.1) is 0 Å². The zero-order valence-corrected chi connectivity index (χ0v) is 11.8. The smallest absolute Gasteiger partial charge is 0.408 e. The monoisotopic (exact) mass is 267 g/mol. The van der Waals surface area contributed by atoms with Gasteiger partial charge in [-0.2, -0.15) is 0 Å². The molecule has 0 unspecified atom stereocenters. The van der Waals surface area contributed by atoms with E-state index in [9.17, 15) is 9.90 Å². The molecule has 0 aliphatic rings. The third kappa shape index (κ3) is 5.18. The number of carbonyl (C=O) groups is 1. The van der Waals surface area contributed by atoms with Gasteiger partial charge in [0.05, 0.1) is 19.8 Å². The minimum Gasteiger partial charge on any atom is -0.497 e. The van der Waals surface area contributed by atoms with Crippen molar-refractivity contribution >= 4 is 6.09 Å². The van der Waals surface area contributed by atoms with E-state index in [-0.39, 0.29) is 6.61 Å². The lowest BCUT2D eigenvalue weighted by Crippen LogP contribution is -2.36. The van der Waals surface area contributed by atoms with Gasteiger partial charge in [-0.05, 0) is 38.5 Å². The molecule has 1 rings (SSSR count). The van der Waals surface area contributed by atoms with Gasteiger partial charge in [0.2, 0.25) is 0 Å². The SMILES string of the molecule is COc1cccc([C@H](CO)NC(=O)OC(C)(C)C)c1. The maximum Gasteiger partial charge on any atom is 0.408 e. The van der Waals surface area contributed by atoms with E-state index in [1.165, 1.54) is 0 Å². The highest BCUT2D eigenvalue weighted by molar-refractivity contribution is 5.68. The predicted molar refractivity (Wildman–Crippen MR) is 72.2 cm³/mol. The molecule has 0 radical (unpaired) electrons. The molecule has 0 bridgehead atoms. The second-order valence-electron chi connectivity index (χ2n) is 5.16. The molecule has 0 fully saturated rings. The van der Waals surface area contributed by atoms with E-state index < -0.39 is 17.7 Å². The predicted octanol–water partition coefficient (Wildman–Crippen LogP) is 2.25. The number of carbonyl (C=O) groups excluding carboxylic acids is 1. The van der Waals surface area contributed by atoms with E-state index in [0.29, 0.717) is 5.75 Å². The van der Waals surface area contributed by atoms with Crippen molar-refractivity contribution in [3.05, 3.63) is 29.8 Å². The number of alkyl carbamates (subject to hydrolysis) is 1. The summed E-state index contributed by atoms with van der Waals surface area (Å²) in [6.45, 7) is 5.14. The highest BCUT2D eigenvalue weighted by atomic mass is 16.6. The van der Waals surface area contributed by atoms with Crippen LogP contribution in [0.5, 0.6) is 5.75 Å². The van der Waals surface area contributed by atoms with Crippen molar-refractivity contribution in [2.75, 3.05) is 13.7 Å². The van der Waals surface area contributed by atoms with Crippen molar-refractivity contribution < 1.29 is 19.4 Å². The Morgan fingerprint density at radius 3 is 2.63 bits per heavy atom. The molecule has 5 heteroatoms. The molecular weight excluding hydrogens is 246 g/mol. The highest BCUT2D eigenvalue weighted by Crippen LogP contribution is 2.19. The van der Waals surface area contributed by atoms with Crippen molar-refractivity contribution in [2.24, 2.45) is 0 Å². The fraction of sp³-hybridized carbons (Fsp3) is 0.500. The summed E-state index contributed by atoms with van der Waals surface area (Å²) < 4.78 is 10.3. The Bertz CT molecular complexity index is 426. The molecule has 0 aliphatic carbocycles. The summed E-state index contributed by atoms with van der Waals surface area (Å²) in [5.41, 5.74) is 0.186. The number of rotatable bonds is 4. The standard InChI is InChI=1S/C14H21NO4/c1-14(2,3)19-13(17)15-12(9-16)10-6-5-7-11(8-10)18-4/h5-8,12,16H,9H2,1-4H3,(H,15,17)/t12-/m0/s1. The van der Waals surface area contributed by atoms with Crippen molar-refractivity contribution in [3.63, 3.8) is 0 Å². The van der Waals surface area contributed by atoms with E-state index >= 15 is 0 Å². The highest BCUT2D eigenvalue weighted by Gasteiger charge is 2.20. The zero-order chi connectivity index (χ0) is 14.5. The number of aliphatic hydroxyl groups excluding tert-OH is 1. The summed E-state index contributed by atoms with van der Waals surface area (Å²) >= 11 is 0. The third-order valence-electron chi connectivity index (χ3n) is 2.37. The van der Waals surface area contributed by atoms with Crippen LogP contribution in [-0.4, -0.2) is 30.5 Å². The Kier molecular flexibility index (Phi) is 5.18. The van der Waals surface area contributed by atoms with E-state index in [1.807, 2.05) is 0 Å². The van der Waals surface area contributed by atoms with E-state index in [0.717, 1.165) is 5.56 Å². The molecule has 1 aromatic carbocycles. The summed E-state index contributed by atoms with van der Waals surface area (Å²) in [5, 5.41) is 12.0. The van der Waals surface area contributed by atoms with Gasteiger partial charge in [0, 0.05) is 0 Å². The van der Waals surface area contributed by atoms with Crippen LogP contribution in [0.25, 0.3) is 0 Å². The Morgan fingerprint density at radius 1 is 1.42 bits per heavy atom. The number of methoxy groups -OCH3 is 1. The number of hydrogen-bond acceptors (Lipinski definition) is 4. The second-order valence-corrected chi connectivity index (χ2v) is 5.16. The van der Waals surface area contributed by atoms with Crippen LogP contribution in [0.15, 0.2) is 24.3 Å². The maximum absolute atomic E-state index is 11.7. The largest absolute Gasteiger partial charge is 0.497 e. The first kappa shape index (κ1) is 15.3. The maximum atomic E-state index is 11.7. The fourth-order valence-electron chi connectivity index (χ4n) is 1.54. The lowest BCUT2D eigenvalue weighted by molar-refractivity contribution is 0.0481. The molecule has 2 N–H and O–H groups in total. The Hall–Kier alpha value is -1.75. The number of hydrogen-bond donors (Lipinski definition) is 2. The number of ether oxygens (including phenoxy) is 2. The first-order chi connectivity index (χ1) is 8.85.